The quantitative estimate of drug-likeness (QED) is 0.784. The fraction of sp³-hybridized carbons (Fsp3) is 0.273. The molecule has 14 heavy (non-hydrogen) atoms. The number of nitrogens with one attached hydrogen (secondary N) is 1. The lowest BCUT2D eigenvalue weighted by atomic mass is 10.0. The van der Waals surface area contributed by atoms with Crippen molar-refractivity contribution >= 4 is 22.5 Å². The first-order valence-corrected chi connectivity index (χ1v) is 4.99. The molecule has 0 fully saturated rings. The number of H-pyrrole nitrogens is 1. The molecule has 3 heteroatoms. The zero-order valence-electron chi connectivity index (χ0n) is 7.92. The van der Waals surface area contributed by atoms with Crippen LogP contribution in [0.3, 0.4) is 0 Å². The molecule has 1 atom stereocenters. The van der Waals surface area contributed by atoms with Gasteiger partial charge in [-0.05, 0) is 25.0 Å². The molecule has 2 aromatic rings. The molecule has 1 heterocycles. The van der Waals surface area contributed by atoms with E-state index in [2.05, 4.69) is 4.98 Å². The van der Waals surface area contributed by atoms with Gasteiger partial charge in [0, 0.05) is 17.1 Å². The van der Waals surface area contributed by atoms with Crippen molar-refractivity contribution in [3.8, 4) is 0 Å². The maximum absolute atomic E-state index is 9.34. The Morgan fingerprint density at radius 3 is 3.00 bits per heavy atom. The molecule has 0 radical (unpaired) electrons. The summed E-state index contributed by atoms with van der Waals surface area (Å²) in [5.41, 5.74) is 2.11. The van der Waals surface area contributed by atoms with E-state index < -0.39 is 0 Å². The number of benzene rings is 1. The number of halogens is 1. The minimum absolute atomic E-state index is 0.341. The van der Waals surface area contributed by atoms with Crippen LogP contribution in [-0.4, -0.2) is 16.2 Å². The number of aromatic nitrogens is 1. The van der Waals surface area contributed by atoms with Gasteiger partial charge in [-0.15, -0.1) is 0 Å². The average Bonchev–Trinajstić information content (AvgIpc) is 2.48. The van der Waals surface area contributed by atoms with Gasteiger partial charge in [0.15, 0.2) is 0 Å². The lowest BCUT2D eigenvalue weighted by molar-refractivity contribution is 0.196. The van der Waals surface area contributed by atoms with Crippen LogP contribution in [0.5, 0.6) is 0 Å². The summed E-state index contributed by atoms with van der Waals surface area (Å²) in [6.45, 7) is 1.78. The molecule has 1 aromatic heterocycles. The van der Waals surface area contributed by atoms with Crippen LogP contribution >= 0.6 is 11.6 Å². The molecular formula is C11H12ClNO. The van der Waals surface area contributed by atoms with Gasteiger partial charge in [0.25, 0.3) is 0 Å². The summed E-state index contributed by atoms with van der Waals surface area (Å²) in [5.74, 6) is 0. The number of hydrogen-bond donors (Lipinski definition) is 2. The molecule has 74 valence electrons. The van der Waals surface area contributed by atoms with E-state index in [0.717, 1.165) is 21.5 Å². The number of aromatic amines is 1. The monoisotopic (exact) mass is 209 g/mol. The van der Waals surface area contributed by atoms with Crippen molar-refractivity contribution in [2.24, 2.45) is 0 Å². The van der Waals surface area contributed by atoms with Crippen LogP contribution in [0.2, 0.25) is 5.02 Å². The molecule has 0 spiro atoms. The van der Waals surface area contributed by atoms with E-state index in [1.165, 1.54) is 0 Å². The third-order valence-corrected chi connectivity index (χ3v) is 2.56. The van der Waals surface area contributed by atoms with E-state index >= 15 is 0 Å². The summed E-state index contributed by atoms with van der Waals surface area (Å²) >= 11 is 6.05. The molecule has 1 aromatic carbocycles. The number of aliphatic hydroxyl groups excluding tert-OH is 1. The van der Waals surface area contributed by atoms with Crippen LogP contribution in [0.1, 0.15) is 12.5 Å². The third kappa shape index (κ3) is 1.63. The fourth-order valence-corrected chi connectivity index (χ4v) is 1.98. The normalized spacial score (nSPS) is 13.4. The largest absolute Gasteiger partial charge is 0.393 e. The van der Waals surface area contributed by atoms with Crippen LogP contribution in [-0.2, 0) is 6.42 Å². The highest BCUT2D eigenvalue weighted by Gasteiger charge is 2.08. The van der Waals surface area contributed by atoms with Crippen LogP contribution < -0.4 is 0 Å². The van der Waals surface area contributed by atoms with Crippen LogP contribution in [0, 0.1) is 0 Å². The van der Waals surface area contributed by atoms with Crippen LogP contribution in [0.4, 0.5) is 0 Å². The van der Waals surface area contributed by atoms with Crippen molar-refractivity contribution in [2.75, 3.05) is 0 Å². The Morgan fingerprint density at radius 2 is 2.29 bits per heavy atom. The van der Waals surface area contributed by atoms with Crippen LogP contribution in [0.25, 0.3) is 10.9 Å². The number of hydrogen-bond acceptors (Lipinski definition) is 1. The Kier molecular flexibility index (Phi) is 2.48. The second-order valence-corrected chi connectivity index (χ2v) is 3.94. The summed E-state index contributed by atoms with van der Waals surface area (Å²) in [6.07, 6.45) is 2.07. The summed E-state index contributed by atoms with van der Waals surface area (Å²) in [7, 11) is 0. The summed E-state index contributed by atoms with van der Waals surface area (Å²) < 4.78 is 0. The molecule has 0 saturated heterocycles. The van der Waals surface area contributed by atoms with Crippen molar-refractivity contribution in [1.82, 2.24) is 4.98 Å². The zero-order chi connectivity index (χ0) is 10.1. The maximum atomic E-state index is 9.34. The molecule has 2 nitrogen and oxygen atoms in total. The Balaban J connectivity index is 2.57. The second-order valence-electron chi connectivity index (χ2n) is 3.53. The van der Waals surface area contributed by atoms with Crippen molar-refractivity contribution in [3.63, 3.8) is 0 Å². The summed E-state index contributed by atoms with van der Waals surface area (Å²) in [6, 6.07) is 5.94. The third-order valence-electron chi connectivity index (χ3n) is 2.26. The zero-order valence-corrected chi connectivity index (χ0v) is 8.67. The van der Waals surface area contributed by atoms with Crippen LogP contribution in [0.15, 0.2) is 24.4 Å². The van der Waals surface area contributed by atoms with Gasteiger partial charge in [-0.25, -0.2) is 0 Å². The van der Waals surface area contributed by atoms with Gasteiger partial charge >= 0.3 is 0 Å². The van der Waals surface area contributed by atoms with E-state index in [1.54, 1.807) is 13.1 Å². The highest BCUT2D eigenvalue weighted by molar-refractivity contribution is 6.35. The SMILES string of the molecule is CC(O)Cc1cccc2[nH]cc(Cl)c12. The van der Waals surface area contributed by atoms with Gasteiger partial charge in [0.05, 0.1) is 11.1 Å². The first-order valence-electron chi connectivity index (χ1n) is 4.61. The van der Waals surface area contributed by atoms with Crippen molar-refractivity contribution < 1.29 is 5.11 Å². The van der Waals surface area contributed by atoms with Crippen molar-refractivity contribution in [3.05, 3.63) is 35.0 Å². The number of aliphatic hydroxyl groups is 1. The van der Waals surface area contributed by atoms with Gasteiger partial charge in [-0.2, -0.15) is 0 Å². The number of fused-ring (bicyclic) bond motifs is 1. The number of rotatable bonds is 2. The topological polar surface area (TPSA) is 36.0 Å². The highest BCUT2D eigenvalue weighted by Crippen LogP contribution is 2.27. The average molecular weight is 210 g/mol. The van der Waals surface area contributed by atoms with Gasteiger partial charge in [-0.3, -0.25) is 0 Å². The molecule has 1 unspecified atom stereocenters. The molecular weight excluding hydrogens is 198 g/mol. The molecule has 0 saturated carbocycles. The molecule has 0 aliphatic heterocycles. The predicted octanol–water partition coefficient (Wildman–Crippen LogP) is 2.74. The first-order chi connectivity index (χ1) is 6.68. The smallest absolute Gasteiger partial charge is 0.0662 e. The lowest BCUT2D eigenvalue weighted by Gasteiger charge is -2.05. The first kappa shape index (κ1) is 9.56. The Hall–Kier alpha value is -0.990. The molecule has 0 aliphatic carbocycles. The van der Waals surface area contributed by atoms with E-state index in [-0.39, 0.29) is 6.10 Å². The lowest BCUT2D eigenvalue weighted by Crippen LogP contribution is -2.04. The van der Waals surface area contributed by atoms with Crippen molar-refractivity contribution in [1.29, 1.82) is 0 Å². The Bertz CT molecular complexity index is 447. The molecule has 0 bridgehead atoms. The summed E-state index contributed by atoms with van der Waals surface area (Å²) in [4.78, 5) is 3.09. The molecule has 2 N–H and O–H groups in total. The van der Waals surface area contributed by atoms with E-state index in [4.69, 9.17) is 11.6 Å². The van der Waals surface area contributed by atoms with E-state index in [1.807, 2.05) is 18.2 Å². The van der Waals surface area contributed by atoms with Gasteiger partial charge < -0.3 is 10.1 Å². The molecule has 0 amide bonds. The molecule has 2 rings (SSSR count). The van der Waals surface area contributed by atoms with Gasteiger partial charge in [0.1, 0.15) is 0 Å². The van der Waals surface area contributed by atoms with Crippen molar-refractivity contribution in [2.45, 2.75) is 19.4 Å². The van der Waals surface area contributed by atoms with Gasteiger partial charge in [-0.1, -0.05) is 23.7 Å². The predicted molar refractivity (Wildman–Crippen MR) is 58.7 cm³/mol. The maximum Gasteiger partial charge on any atom is 0.0662 e. The Labute approximate surface area is 87.5 Å². The van der Waals surface area contributed by atoms with Gasteiger partial charge in [0.2, 0.25) is 0 Å². The highest BCUT2D eigenvalue weighted by atomic mass is 35.5. The molecule has 0 aliphatic rings. The van der Waals surface area contributed by atoms with E-state index in [0.29, 0.717) is 6.42 Å². The fourth-order valence-electron chi connectivity index (χ4n) is 1.70. The minimum atomic E-state index is -0.341. The summed E-state index contributed by atoms with van der Waals surface area (Å²) in [5, 5.41) is 11.1. The standard InChI is InChI=1S/C11H12ClNO/c1-7(14)5-8-3-2-4-10-11(8)9(12)6-13-10/h2-4,6-7,13-14H,5H2,1H3. The Morgan fingerprint density at radius 1 is 1.50 bits per heavy atom. The van der Waals surface area contributed by atoms with E-state index in [9.17, 15) is 5.11 Å². The minimum Gasteiger partial charge on any atom is -0.393 e. The second kappa shape index (κ2) is 3.64.